The summed E-state index contributed by atoms with van der Waals surface area (Å²) in [5.74, 6) is -1.94. The molecule has 0 bridgehead atoms. The summed E-state index contributed by atoms with van der Waals surface area (Å²) in [6, 6.07) is 3.66. The van der Waals surface area contributed by atoms with E-state index >= 15 is 0 Å². The lowest BCUT2D eigenvalue weighted by molar-refractivity contribution is -0.148. The molecule has 1 saturated carbocycles. The molecule has 1 aliphatic carbocycles. The van der Waals surface area contributed by atoms with E-state index in [0.29, 0.717) is 19.4 Å². The first-order chi connectivity index (χ1) is 9.18. The fourth-order valence-corrected chi connectivity index (χ4v) is 2.56. The minimum absolute atomic E-state index is 0.149. The highest BCUT2D eigenvalue weighted by Crippen LogP contribution is 2.30. The van der Waals surface area contributed by atoms with Crippen LogP contribution in [0.1, 0.15) is 31.2 Å². The van der Waals surface area contributed by atoms with Crippen LogP contribution in [0.25, 0.3) is 0 Å². The predicted octanol–water partition coefficient (Wildman–Crippen LogP) is 1.59. The summed E-state index contributed by atoms with van der Waals surface area (Å²) < 4.78 is 0. The van der Waals surface area contributed by atoms with E-state index < -0.39 is 17.8 Å². The fraction of sp³-hybridized carbons (Fsp3) is 0.500. The molecule has 1 aromatic rings. The van der Waals surface area contributed by atoms with Crippen molar-refractivity contribution in [2.75, 3.05) is 0 Å². The maximum absolute atomic E-state index is 12.1. The van der Waals surface area contributed by atoms with Crippen molar-refractivity contribution in [2.45, 2.75) is 32.2 Å². The second-order valence-electron chi connectivity index (χ2n) is 4.91. The van der Waals surface area contributed by atoms with Gasteiger partial charge in [-0.1, -0.05) is 12.8 Å². The summed E-state index contributed by atoms with van der Waals surface area (Å²) in [4.78, 5) is 27.2. The number of hydrogen-bond donors (Lipinski definition) is 2. The van der Waals surface area contributed by atoms with E-state index in [-0.39, 0.29) is 5.91 Å². The zero-order valence-corrected chi connectivity index (χ0v) is 10.7. The van der Waals surface area contributed by atoms with Crippen molar-refractivity contribution in [3.8, 4) is 0 Å². The highest BCUT2D eigenvalue weighted by atomic mass is 16.4. The lowest BCUT2D eigenvalue weighted by Crippen LogP contribution is -2.39. The van der Waals surface area contributed by atoms with Gasteiger partial charge in [0.2, 0.25) is 5.91 Å². The number of carbonyl (C=O) groups excluding carboxylic acids is 1. The quantitative estimate of drug-likeness (QED) is 0.863. The molecule has 1 amide bonds. The molecule has 5 heteroatoms. The number of hydrogen-bond acceptors (Lipinski definition) is 3. The number of carbonyl (C=O) groups is 2. The largest absolute Gasteiger partial charge is 0.481 e. The fourth-order valence-electron chi connectivity index (χ4n) is 2.56. The van der Waals surface area contributed by atoms with Crippen LogP contribution in [0.4, 0.5) is 0 Å². The van der Waals surface area contributed by atoms with Gasteiger partial charge in [-0.2, -0.15) is 0 Å². The molecule has 0 aromatic carbocycles. The molecular weight excluding hydrogens is 244 g/mol. The smallest absolute Gasteiger partial charge is 0.307 e. The van der Waals surface area contributed by atoms with Crippen LogP contribution < -0.4 is 5.32 Å². The first-order valence-corrected chi connectivity index (χ1v) is 6.58. The molecule has 2 rings (SSSR count). The first kappa shape index (κ1) is 13.5. The third-order valence-electron chi connectivity index (χ3n) is 3.64. The molecule has 0 unspecified atom stereocenters. The molecule has 2 atom stereocenters. The van der Waals surface area contributed by atoms with Gasteiger partial charge < -0.3 is 10.4 Å². The van der Waals surface area contributed by atoms with Gasteiger partial charge in [0, 0.05) is 18.9 Å². The van der Waals surface area contributed by atoms with Crippen molar-refractivity contribution in [3.63, 3.8) is 0 Å². The van der Waals surface area contributed by atoms with Gasteiger partial charge in [-0.15, -0.1) is 0 Å². The molecule has 1 aliphatic rings. The third-order valence-corrected chi connectivity index (χ3v) is 3.64. The van der Waals surface area contributed by atoms with Crippen LogP contribution in [0.2, 0.25) is 0 Å². The summed E-state index contributed by atoms with van der Waals surface area (Å²) in [5.41, 5.74) is 0.964. The number of rotatable bonds is 4. The summed E-state index contributed by atoms with van der Waals surface area (Å²) >= 11 is 0. The second kappa shape index (κ2) is 6.31. The van der Waals surface area contributed by atoms with Crippen LogP contribution in [0.15, 0.2) is 24.5 Å². The van der Waals surface area contributed by atoms with E-state index in [2.05, 4.69) is 10.3 Å². The molecule has 5 nitrogen and oxygen atoms in total. The molecular formula is C14H18N2O3. The van der Waals surface area contributed by atoms with Crippen molar-refractivity contribution >= 4 is 11.9 Å². The number of aromatic nitrogens is 1. The van der Waals surface area contributed by atoms with Crippen molar-refractivity contribution in [1.82, 2.24) is 10.3 Å². The molecule has 0 radical (unpaired) electrons. The van der Waals surface area contributed by atoms with E-state index in [1.807, 2.05) is 12.1 Å². The van der Waals surface area contributed by atoms with Crippen molar-refractivity contribution in [2.24, 2.45) is 11.8 Å². The monoisotopic (exact) mass is 262 g/mol. The summed E-state index contributed by atoms with van der Waals surface area (Å²) in [6.45, 7) is 0.421. The molecule has 19 heavy (non-hydrogen) atoms. The van der Waals surface area contributed by atoms with E-state index in [1.165, 1.54) is 0 Å². The Morgan fingerprint density at radius 2 is 1.84 bits per heavy atom. The Morgan fingerprint density at radius 3 is 2.47 bits per heavy atom. The van der Waals surface area contributed by atoms with Crippen LogP contribution in [0, 0.1) is 11.8 Å². The van der Waals surface area contributed by atoms with Crippen LogP contribution >= 0.6 is 0 Å². The van der Waals surface area contributed by atoms with Crippen LogP contribution in [-0.4, -0.2) is 22.0 Å². The van der Waals surface area contributed by atoms with E-state index in [9.17, 15) is 9.59 Å². The standard InChI is InChI=1S/C14H18N2O3/c17-13(16-9-10-5-7-15-8-6-10)11-3-1-2-4-12(11)14(18)19/h5-8,11-12H,1-4,9H2,(H,16,17)(H,18,19)/t11-,12-/m1/s1. The van der Waals surface area contributed by atoms with Crippen LogP contribution in [0.3, 0.4) is 0 Å². The van der Waals surface area contributed by atoms with Gasteiger partial charge in [0.05, 0.1) is 11.8 Å². The van der Waals surface area contributed by atoms with Crippen molar-refractivity contribution in [1.29, 1.82) is 0 Å². The van der Waals surface area contributed by atoms with Crippen LogP contribution in [0.5, 0.6) is 0 Å². The van der Waals surface area contributed by atoms with Gasteiger partial charge in [0.25, 0.3) is 0 Å². The van der Waals surface area contributed by atoms with Crippen molar-refractivity contribution in [3.05, 3.63) is 30.1 Å². The molecule has 1 aromatic heterocycles. The number of pyridine rings is 1. The average molecular weight is 262 g/mol. The SMILES string of the molecule is O=C(O)[C@@H]1CCCC[C@H]1C(=O)NCc1ccncc1. The maximum Gasteiger partial charge on any atom is 0.307 e. The van der Waals surface area contributed by atoms with Gasteiger partial charge in [-0.3, -0.25) is 14.6 Å². The first-order valence-electron chi connectivity index (χ1n) is 6.58. The van der Waals surface area contributed by atoms with Gasteiger partial charge in [0.15, 0.2) is 0 Å². The molecule has 0 aliphatic heterocycles. The second-order valence-corrected chi connectivity index (χ2v) is 4.91. The lowest BCUT2D eigenvalue weighted by atomic mass is 9.78. The van der Waals surface area contributed by atoms with Gasteiger partial charge in [0.1, 0.15) is 0 Å². The van der Waals surface area contributed by atoms with Gasteiger partial charge in [-0.25, -0.2) is 0 Å². The minimum atomic E-state index is -0.858. The zero-order chi connectivity index (χ0) is 13.7. The van der Waals surface area contributed by atoms with Gasteiger partial charge in [-0.05, 0) is 30.5 Å². The Kier molecular flexibility index (Phi) is 4.49. The highest BCUT2D eigenvalue weighted by molar-refractivity contribution is 5.84. The number of carboxylic acids is 1. The Hall–Kier alpha value is -1.91. The molecule has 102 valence electrons. The van der Waals surface area contributed by atoms with E-state index in [0.717, 1.165) is 18.4 Å². The number of nitrogens with one attached hydrogen (secondary N) is 1. The van der Waals surface area contributed by atoms with Crippen LogP contribution in [-0.2, 0) is 16.1 Å². The molecule has 1 fully saturated rings. The Morgan fingerprint density at radius 1 is 1.21 bits per heavy atom. The van der Waals surface area contributed by atoms with E-state index in [1.54, 1.807) is 12.4 Å². The minimum Gasteiger partial charge on any atom is -0.481 e. The third kappa shape index (κ3) is 3.53. The number of nitrogens with zero attached hydrogens (tertiary/aromatic N) is 1. The Bertz CT molecular complexity index is 447. The highest BCUT2D eigenvalue weighted by Gasteiger charge is 2.35. The normalized spacial score (nSPS) is 22.7. The summed E-state index contributed by atoms with van der Waals surface area (Å²) in [6.07, 6.45) is 6.42. The van der Waals surface area contributed by atoms with Crippen molar-refractivity contribution < 1.29 is 14.7 Å². The molecule has 0 spiro atoms. The zero-order valence-electron chi connectivity index (χ0n) is 10.7. The lowest BCUT2D eigenvalue weighted by Gasteiger charge is -2.27. The number of amides is 1. The maximum atomic E-state index is 12.1. The van der Waals surface area contributed by atoms with Gasteiger partial charge >= 0.3 is 5.97 Å². The molecule has 2 N–H and O–H groups in total. The van der Waals surface area contributed by atoms with E-state index in [4.69, 9.17) is 5.11 Å². The molecule has 1 heterocycles. The summed E-state index contributed by atoms with van der Waals surface area (Å²) in [5, 5.41) is 12.0. The number of carboxylic acid groups (broad SMARTS) is 1. The number of aliphatic carboxylic acids is 1. The topological polar surface area (TPSA) is 79.3 Å². The average Bonchev–Trinajstić information content (AvgIpc) is 2.46. The summed E-state index contributed by atoms with van der Waals surface area (Å²) in [7, 11) is 0. The molecule has 0 saturated heterocycles. The Balaban J connectivity index is 1.93. The Labute approximate surface area is 112 Å². The predicted molar refractivity (Wildman–Crippen MR) is 69.2 cm³/mol.